The number of rotatable bonds is 0. The van der Waals surface area contributed by atoms with Crippen LogP contribution < -0.4 is 24.8 Å². The Morgan fingerprint density at radius 2 is 1.04 bits per heavy atom. The Morgan fingerprint density at radius 1 is 0.609 bits per heavy atom. The maximum Gasteiger partial charge on any atom is -1.00 e. The van der Waals surface area contributed by atoms with E-state index in [1.54, 1.807) is 0 Å². The van der Waals surface area contributed by atoms with Gasteiger partial charge in [-0.3, -0.25) is 0 Å². The maximum absolute atomic E-state index is 2.57. The number of allylic oxidation sites excluding steroid dienone is 8. The summed E-state index contributed by atoms with van der Waals surface area (Å²) in [5.74, 6) is 5.76. The van der Waals surface area contributed by atoms with Crippen LogP contribution in [0.4, 0.5) is 0 Å². The van der Waals surface area contributed by atoms with Crippen molar-refractivity contribution in [3.8, 4) is 0 Å². The Kier molecular flexibility index (Phi) is 5.69. The van der Waals surface area contributed by atoms with E-state index in [0.717, 1.165) is 44.0 Å². The summed E-state index contributed by atoms with van der Waals surface area (Å²) in [6.07, 6.45) is 25.5. The van der Waals surface area contributed by atoms with E-state index in [1.807, 2.05) is 0 Å². The van der Waals surface area contributed by atoms with Crippen LogP contribution in [0.15, 0.2) is 48.6 Å². The van der Waals surface area contributed by atoms with E-state index < -0.39 is 0 Å². The van der Waals surface area contributed by atoms with Crippen LogP contribution in [0.25, 0.3) is 0 Å². The minimum atomic E-state index is 0. The van der Waals surface area contributed by atoms with E-state index >= 15 is 0 Å². The van der Waals surface area contributed by atoms with E-state index in [9.17, 15) is 0 Å². The average molecular weight is 383 g/mol. The van der Waals surface area contributed by atoms with Crippen molar-refractivity contribution in [3.05, 3.63) is 48.6 Å². The molecule has 8 unspecified atom stereocenters. The molecule has 8 atom stereocenters. The second-order valence-electron chi connectivity index (χ2n) is 7.81. The third-order valence-corrected chi connectivity index (χ3v) is 10.8. The quantitative estimate of drug-likeness (QED) is 0.481. The van der Waals surface area contributed by atoms with Gasteiger partial charge in [-0.1, -0.05) is 0 Å². The molecule has 23 heavy (non-hydrogen) atoms. The first-order valence-electron chi connectivity index (χ1n) is 8.86. The topological polar surface area (TPSA) is 0 Å². The van der Waals surface area contributed by atoms with Gasteiger partial charge in [0.05, 0.1) is 0 Å². The van der Waals surface area contributed by atoms with Crippen molar-refractivity contribution in [1.82, 2.24) is 0 Å². The zero-order valence-electron chi connectivity index (χ0n) is 13.3. The Morgan fingerprint density at radius 3 is 1.52 bits per heavy atom. The molecule has 1 saturated heterocycles. The van der Waals surface area contributed by atoms with Gasteiger partial charge in [-0.25, -0.2) is 0 Å². The molecular formula is C20H24Cl2Ti. The van der Waals surface area contributed by atoms with Crippen LogP contribution in [0.2, 0.25) is 8.45 Å². The van der Waals surface area contributed by atoms with Gasteiger partial charge in [0.1, 0.15) is 0 Å². The Bertz CT molecular complexity index is 502. The fraction of sp³-hybridized carbons (Fsp3) is 0.600. The van der Waals surface area contributed by atoms with E-state index in [1.165, 1.54) is 25.7 Å². The van der Waals surface area contributed by atoms with Gasteiger partial charge in [-0.05, 0) is 0 Å². The van der Waals surface area contributed by atoms with Crippen LogP contribution in [-0.4, -0.2) is 0 Å². The molecule has 0 aromatic carbocycles. The predicted octanol–water partition coefficient (Wildman–Crippen LogP) is -0.796. The molecule has 5 rings (SSSR count). The van der Waals surface area contributed by atoms with Gasteiger partial charge in [0, 0.05) is 0 Å². The molecule has 3 heteroatoms. The first-order chi connectivity index (χ1) is 10.4. The van der Waals surface area contributed by atoms with Gasteiger partial charge in [-0.15, -0.1) is 0 Å². The molecular weight excluding hydrogens is 359 g/mol. The van der Waals surface area contributed by atoms with Crippen molar-refractivity contribution in [2.75, 3.05) is 0 Å². The first kappa shape index (κ1) is 18.1. The number of fused-ring (bicyclic) bond motifs is 6. The fourth-order valence-electron chi connectivity index (χ4n) is 5.94. The van der Waals surface area contributed by atoms with Gasteiger partial charge in [-0.2, -0.15) is 0 Å². The summed E-state index contributed by atoms with van der Waals surface area (Å²) in [7, 11) is 0. The second kappa shape index (κ2) is 7.24. The molecule has 0 nitrogen and oxygen atoms in total. The minimum Gasteiger partial charge on any atom is -1.00 e. The summed E-state index contributed by atoms with van der Waals surface area (Å²) < 4.78 is 2.20. The molecule has 5 aliphatic rings. The van der Waals surface area contributed by atoms with Crippen LogP contribution in [0.1, 0.15) is 25.7 Å². The number of halogens is 2. The Hall–Kier alpha value is 0.254. The van der Waals surface area contributed by atoms with E-state index in [2.05, 4.69) is 48.6 Å². The fourth-order valence-corrected chi connectivity index (χ4v) is 10.2. The summed E-state index contributed by atoms with van der Waals surface area (Å²) in [5.41, 5.74) is 0. The number of hydrogen-bond donors (Lipinski definition) is 0. The van der Waals surface area contributed by atoms with Gasteiger partial charge < -0.3 is 24.8 Å². The zero-order valence-corrected chi connectivity index (χ0v) is 16.4. The molecule has 122 valence electrons. The van der Waals surface area contributed by atoms with Crippen LogP contribution in [0.5, 0.6) is 0 Å². The number of hydrogen-bond acceptors (Lipinski definition) is 0. The zero-order chi connectivity index (χ0) is 13.8. The Labute approximate surface area is 161 Å². The molecule has 2 saturated carbocycles. The summed E-state index contributed by atoms with van der Waals surface area (Å²) >= 11 is 0.178. The summed E-state index contributed by atoms with van der Waals surface area (Å²) in [6.45, 7) is 0. The van der Waals surface area contributed by atoms with Crippen molar-refractivity contribution in [2.24, 2.45) is 35.5 Å². The van der Waals surface area contributed by atoms with Crippen molar-refractivity contribution in [3.63, 3.8) is 0 Å². The second-order valence-corrected chi connectivity index (χ2v) is 10.4. The standard InChI is InChI=1S/C20H24.2ClH.Ti/c1-2-6-18-12-15(11-17(18)5-1)9-10-16-13-19-7-3-4-8-20(19)14-16;;;/h1-8,11,13,15-20H,9-10,12,14H2;2*1H;/q;;;+2/p-2. The molecule has 0 bridgehead atoms. The summed E-state index contributed by atoms with van der Waals surface area (Å²) in [6, 6.07) is 0. The molecule has 0 aromatic heterocycles. The third-order valence-electron chi connectivity index (χ3n) is 6.88. The van der Waals surface area contributed by atoms with Gasteiger partial charge in [0.25, 0.3) is 0 Å². The van der Waals surface area contributed by atoms with Crippen LogP contribution >= 0.6 is 0 Å². The van der Waals surface area contributed by atoms with Crippen molar-refractivity contribution in [1.29, 1.82) is 0 Å². The van der Waals surface area contributed by atoms with Crippen molar-refractivity contribution >= 4 is 0 Å². The van der Waals surface area contributed by atoms with Crippen molar-refractivity contribution in [2.45, 2.75) is 34.1 Å². The van der Waals surface area contributed by atoms with Gasteiger partial charge in [0.2, 0.25) is 0 Å². The molecule has 0 radical (unpaired) electrons. The monoisotopic (exact) mass is 382 g/mol. The largest absolute Gasteiger partial charge is 1.00 e. The SMILES string of the molecule is C1=CC2CC3CCC4CC5C=CC=CC5[CH]4[Ti+2][CH]3C2C=C1.[Cl-].[Cl-]. The smallest absolute Gasteiger partial charge is 1.00 e. The summed E-state index contributed by atoms with van der Waals surface area (Å²) in [4.78, 5) is 0. The van der Waals surface area contributed by atoms with Crippen LogP contribution in [0, 0.1) is 35.5 Å². The average Bonchev–Trinajstić information content (AvgIpc) is 3.00. The minimum absolute atomic E-state index is 0. The maximum atomic E-state index is 2.57. The van der Waals surface area contributed by atoms with Gasteiger partial charge in [0.15, 0.2) is 0 Å². The summed E-state index contributed by atoms with van der Waals surface area (Å²) in [5, 5.41) is 0. The molecule has 1 heterocycles. The normalized spacial score (nSPS) is 47.7. The molecule has 0 amide bonds. The van der Waals surface area contributed by atoms with Crippen molar-refractivity contribution < 1.29 is 44.0 Å². The van der Waals surface area contributed by atoms with Crippen LogP contribution in [-0.2, 0) is 19.2 Å². The molecule has 4 aliphatic carbocycles. The van der Waals surface area contributed by atoms with Crippen LogP contribution in [0.3, 0.4) is 0 Å². The molecule has 0 aromatic rings. The molecule has 3 fully saturated rings. The molecule has 1 aliphatic heterocycles. The Balaban J connectivity index is 0.000000781. The van der Waals surface area contributed by atoms with E-state index in [4.69, 9.17) is 0 Å². The molecule has 0 spiro atoms. The van der Waals surface area contributed by atoms with E-state index in [-0.39, 0.29) is 44.0 Å². The first-order valence-corrected chi connectivity index (χ1v) is 10.7. The van der Waals surface area contributed by atoms with Gasteiger partial charge >= 0.3 is 137 Å². The third kappa shape index (κ3) is 2.99. The molecule has 0 N–H and O–H groups in total. The predicted molar refractivity (Wildman–Crippen MR) is 83.5 cm³/mol. The van der Waals surface area contributed by atoms with E-state index in [0.29, 0.717) is 0 Å².